The van der Waals surface area contributed by atoms with E-state index in [0.29, 0.717) is 11.1 Å². The third-order valence-electron chi connectivity index (χ3n) is 5.83. The van der Waals surface area contributed by atoms with Gasteiger partial charge in [0.05, 0.1) is 12.2 Å². The number of carbonyl (C=O) groups excluding carboxylic acids is 1. The number of rotatable bonds is 8. The lowest BCUT2D eigenvalue weighted by Gasteiger charge is -2.11. The van der Waals surface area contributed by atoms with Gasteiger partial charge in [-0.15, -0.1) is 0 Å². The maximum Gasteiger partial charge on any atom is 0.343 e. The molecule has 0 bridgehead atoms. The van der Waals surface area contributed by atoms with Gasteiger partial charge in [-0.05, 0) is 66.4 Å². The van der Waals surface area contributed by atoms with Crippen LogP contribution in [0.2, 0.25) is 0 Å². The van der Waals surface area contributed by atoms with Crippen molar-refractivity contribution in [2.24, 2.45) is 0 Å². The predicted molar refractivity (Wildman–Crippen MR) is 134 cm³/mol. The molecule has 4 aromatic carbocycles. The van der Waals surface area contributed by atoms with Crippen molar-refractivity contribution in [3.05, 3.63) is 107 Å². The molecule has 0 unspecified atom stereocenters. The van der Waals surface area contributed by atoms with Crippen molar-refractivity contribution in [1.82, 2.24) is 0 Å². The third kappa shape index (κ3) is 5.50. The highest BCUT2D eigenvalue weighted by Gasteiger charge is 2.20. The molecule has 0 amide bonds. The third-order valence-corrected chi connectivity index (χ3v) is 5.83. The fraction of sp³-hybridized carbons (Fsp3) is 0.167. The quantitative estimate of drug-likeness (QED) is 0.137. The van der Waals surface area contributed by atoms with Crippen LogP contribution in [0.5, 0.6) is 11.5 Å². The minimum absolute atomic E-state index is 0.0194. The normalized spacial score (nSPS) is 10.9. The number of carbonyl (C=O) groups is 1. The average molecular weight is 509 g/mol. The van der Waals surface area contributed by atoms with Gasteiger partial charge in [-0.2, -0.15) is 8.78 Å². The van der Waals surface area contributed by atoms with Gasteiger partial charge in [-0.3, -0.25) is 0 Å². The number of benzene rings is 4. The summed E-state index contributed by atoms with van der Waals surface area (Å²) < 4.78 is 68.3. The minimum Gasteiger partial charge on any atom is -0.491 e. The predicted octanol–water partition coefficient (Wildman–Crippen LogP) is 8.15. The summed E-state index contributed by atoms with van der Waals surface area (Å²) in [5.74, 6) is -6.29. The average Bonchev–Trinajstić information content (AvgIpc) is 2.91. The molecule has 0 spiro atoms. The number of hydrogen-bond acceptors (Lipinski definition) is 3. The van der Waals surface area contributed by atoms with Crippen LogP contribution in [0.1, 0.15) is 36.2 Å². The molecule has 0 radical (unpaired) electrons. The Morgan fingerprint density at radius 1 is 0.649 bits per heavy atom. The zero-order valence-electron chi connectivity index (χ0n) is 20.3. The van der Waals surface area contributed by atoms with Gasteiger partial charge in [0, 0.05) is 11.1 Å². The highest BCUT2D eigenvalue weighted by atomic mass is 19.2. The maximum absolute atomic E-state index is 14.8. The standard InChI is InChI=1S/C30H24F4O3/c1-3-5-18-6-8-19(9-7-18)23-15-17-25(29(34)27(23)32)37-30(35)21-12-10-20(11-13-21)22-14-16-24(36-4-2)28(33)26(22)31/h6-17H,3-5H2,1-2H3. The number of aryl methyl sites for hydroxylation is 1. The molecule has 0 heterocycles. The molecule has 37 heavy (non-hydrogen) atoms. The van der Waals surface area contributed by atoms with Crippen molar-refractivity contribution in [3.63, 3.8) is 0 Å². The van der Waals surface area contributed by atoms with E-state index in [9.17, 15) is 22.4 Å². The van der Waals surface area contributed by atoms with Crippen molar-refractivity contribution < 1.29 is 31.8 Å². The lowest BCUT2D eigenvalue weighted by atomic mass is 10.0. The molecular formula is C30H24F4O3. The molecule has 4 aromatic rings. The molecule has 0 saturated carbocycles. The monoisotopic (exact) mass is 508 g/mol. The van der Waals surface area contributed by atoms with Crippen LogP contribution in [0, 0.1) is 23.3 Å². The Bertz CT molecular complexity index is 1410. The van der Waals surface area contributed by atoms with E-state index in [1.807, 2.05) is 12.1 Å². The molecule has 0 aliphatic heterocycles. The molecular weight excluding hydrogens is 484 g/mol. The number of hydrogen-bond donors (Lipinski definition) is 0. The fourth-order valence-corrected chi connectivity index (χ4v) is 3.94. The lowest BCUT2D eigenvalue weighted by Crippen LogP contribution is -2.10. The van der Waals surface area contributed by atoms with Gasteiger partial charge in [0.2, 0.25) is 11.6 Å². The van der Waals surface area contributed by atoms with Gasteiger partial charge in [0.25, 0.3) is 0 Å². The Balaban J connectivity index is 1.51. The summed E-state index contributed by atoms with van der Waals surface area (Å²) in [6, 6.07) is 17.8. The van der Waals surface area contributed by atoms with Crippen LogP contribution >= 0.6 is 0 Å². The van der Waals surface area contributed by atoms with E-state index in [4.69, 9.17) is 9.47 Å². The van der Waals surface area contributed by atoms with Gasteiger partial charge in [-0.1, -0.05) is 49.7 Å². The van der Waals surface area contributed by atoms with Crippen molar-refractivity contribution in [2.75, 3.05) is 6.61 Å². The summed E-state index contributed by atoms with van der Waals surface area (Å²) in [5.41, 5.74) is 1.96. The Morgan fingerprint density at radius 2 is 1.16 bits per heavy atom. The minimum atomic E-state index is -1.29. The van der Waals surface area contributed by atoms with Crippen LogP contribution in [-0.2, 0) is 6.42 Å². The van der Waals surface area contributed by atoms with Crippen molar-refractivity contribution in [3.8, 4) is 33.8 Å². The molecule has 190 valence electrons. The first kappa shape index (κ1) is 25.9. The van der Waals surface area contributed by atoms with Gasteiger partial charge >= 0.3 is 5.97 Å². The molecule has 7 heteroatoms. The maximum atomic E-state index is 14.8. The van der Waals surface area contributed by atoms with E-state index in [1.165, 1.54) is 48.5 Å². The van der Waals surface area contributed by atoms with E-state index < -0.39 is 35.0 Å². The number of esters is 1. The largest absolute Gasteiger partial charge is 0.491 e. The van der Waals surface area contributed by atoms with Crippen molar-refractivity contribution in [1.29, 1.82) is 0 Å². The Labute approximate surface area is 212 Å². The second-order valence-corrected chi connectivity index (χ2v) is 8.33. The Hall–Kier alpha value is -4.13. The number of halogens is 4. The van der Waals surface area contributed by atoms with Crippen molar-refractivity contribution in [2.45, 2.75) is 26.7 Å². The molecule has 0 fully saturated rings. The van der Waals surface area contributed by atoms with Crippen LogP contribution < -0.4 is 9.47 Å². The molecule has 0 aliphatic carbocycles. The molecule has 3 nitrogen and oxygen atoms in total. The molecule has 0 aromatic heterocycles. The Kier molecular flexibility index (Phi) is 7.92. The summed E-state index contributed by atoms with van der Waals surface area (Å²) in [4.78, 5) is 12.6. The zero-order chi connectivity index (χ0) is 26.5. The fourth-order valence-electron chi connectivity index (χ4n) is 3.94. The first-order chi connectivity index (χ1) is 17.8. The summed E-state index contributed by atoms with van der Waals surface area (Å²) in [6.45, 7) is 3.90. The van der Waals surface area contributed by atoms with Crippen LogP contribution in [-0.4, -0.2) is 12.6 Å². The SMILES string of the molecule is CCCc1ccc(-c2ccc(OC(=O)c3ccc(-c4ccc(OCC)c(F)c4F)cc3)c(F)c2F)cc1. The smallest absolute Gasteiger partial charge is 0.343 e. The van der Waals surface area contributed by atoms with E-state index in [1.54, 1.807) is 19.1 Å². The van der Waals surface area contributed by atoms with Gasteiger partial charge in [0.15, 0.2) is 23.1 Å². The summed E-state index contributed by atoms with van der Waals surface area (Å²) >= 11 is 0. The molecule has 0 N–H and O–H groups in total. The van der Waals surface area contributed by atoms with E-state index in [0.717, 1.165) is 18.4 Å². The first-order valence-corrected chi connectivity index (χ1v) is 11.8. The summed E-state index contributed by atoms with van der Waals surface area (Å²) in [6.07, 6.45) is 1.86. The number of ether oxygens (including phenoxy) is 2. The highest BCUT2D eigenvalue weighted by Crippen LogP contribution is 2.32. The molecule has 4 rings (SSSR count). The van der Waals surface area contributed by atoms with Gasteiger partial charge < -0.3 is 9.47 Å². The zero-order valence-corrected chi connectivity index (χ0v) is 20.3. The van der Waals surface area contributed by atoms with E-state index >= 15 is 0 Å². The molecule has 0 aliphatic rings. The van der Waals surface area contributed by atoms with Gasteiger partial charge in [-0.25, -0.2) is 13.6 Å². The first-order valence-electron chi connectivity index (χ1n) is 11.8. The second kappa shape index (κ2) is 11.3. The summed E-state index contributed by atoms with van der Waals surface area (Å²) in [5, 5.41) is 0. The van der Waals surface area contributed by atoms with E-state index in [2.05, 4.69) is 6.92 Å². The van der Waals surface area contributed by atoms with Crippen LogP contribution in [0.3, 0.4) is 0 Å². The van der Waals surface area contributed by atoms with E-state index in [-0.39, 0.29) is 29.0 Å². The summed E-state index contributed by atoms with van der Waals surface area (Å²) in [7, 11) is 0. The molecule has 0 saturated heterocycles. The Morgan fingerprint density at radius 3 is 1.70 bits per heavy atom. The van der Waals surface area contributed by atoms with Crippen molar-refractivity contribution >= 4 is 5.97 Å². The van der Waals surface area contributed by atoms with Crippen LogP contribution in [0.25, 0.3) is 22.3 Å². The van der Waals surface area contributed by atoms with Gasteiger partial charge in [0.1, 0.15) is 0 Å². The molecule has 0 atom stereocenters. The topological polar surface area (TPSA) is 35.5 Å². The second-order valence-electron chi connectivity index (χ2n) is 8.33. The van der Waals surface area contributed by atoms with Crippen LogP contribution in [0.15, 0.2) is 72.8 Å². The highest BCUT2D eigenvalue weighted by molar-refractivity contribution is 5.91. The lowest BCUT2D eigenvalue weighted by molar-refractivity contribution is 0.0726. The van der Waals surface area contributed by atoms with Crippen LogP contribution in [0.4, 0.5) is 17.6 Å².